The van der Waals surface area contributed by atoms with Crippen LogP contribution in [-0.4, -0.2) is 46.6 Å². The SMILES string of the molecule is COC(=O)c1cc(OC)c(O)c(-c2cc(C(=O)O)[nH]n2)c1. The Labute approximate surface area is 118 Å². The third kappa shape index (κ3) is 2.64. The van der Waals surface area contributed by atoms with E-state index in [9.17, 15) is 14.7 Å². The number of H-pyrrole nitrogens is 1. The minimum absolute atomic E-state index is 0.0489. The van der Waals surface area contributed by atoms with Crippen LogP contribution in [-0.2, 0) is 4.74 Å². The number of carbonyl (C=O) groups excluding carboxylic acids is 1. The number of phenols is 1. The number of methoxy groups -OCH3 is 2. The lowest BCUT2D eigenvalue weighted by atomic mass is 10.1. The molecule has 8 nitrogen and oxygen atoms in total. The summed E-state index contributed by atoms with van der Waals surface area (Å²) in [6, 6.07) is 3.89. The van der Waals surface area contributed by atoms with Crippen LogP contribution in [0.5, 0.6) is 11.5 Å². The largest absolute Gasteiger partial charge is 0.504 e. The first-order valence-corrected chi connectivity index (χ1v) is 5.76. The highest BCUT2D eigenvalue weighted by atomic mass is 16.5. The van der Waals surface area contributed by atoms with Crippen LogP contribution in [0.25, 0.3) is 11.3 Å². The number of ether oxygens (including phenoxy) is 2. The molecule has 3 N–H and O–H groups in total. The number of nitrogens with zero attached hydrogens (tertiary/aromatic N) is 1. The molecular weight excluding hydrogens is 280 g/mol. The Morgan fingerprint density at radius 3 is 2.48 bits per heavy atom. The molecular formula is C13H12N2O6. The number of nitrogens with one attached hydrogen (secondary N) is 1. The van der Waals surface area contributed by atoms with Crippen LogP contribution in [0.3, 0.4) is 0 Å². The molecule has 8 heteroatoms. The molecule has 0 atom stereocenters. The quantitative estimate of drug-likeness (QED) is 0.725. The molecule has 0 unspecified atom stereocenters. The highest BCUT2D eigenvalue weighted by molar-refractivity contribution is 5.93. The molecule has 1 heterocycles. The maximum absolute atomic E-state index is 11.6. The molecule has 0 aliphatic rings. The van der Waals surface area contributed by atoms with Gasteiger partial charge < -0.3 is 19.7 Å². The van der Waals surface area contributed by atoms with Crippen molar-refractivity contribution in [2.75, 3.05) is 14.2 Å². The monoisotopic (exact) mass is 292 g/mol. The van der Waals surface area contributed by atoms with Crippen molar-refractivity contribution < 1.29 is 29.3 Å². The van der Waals surface area contributed by atoms with Gasteiger partial charge in [0.25, 0.3) is 0 Å². The smallest absolute Gasteiger partial charge is 0.353 e. The first kappa shape index (κ1) is 14.4. The van der Waals surface area contributed by atoms with Crippen LogP contribution in [0.4, 0.5) is 0 Å². The molecule has 1 aromatic heterocycles. The highest BCUT2D eigenvalue weighted by Crippen LogP contribution is 2.37. The average Bonchev–Trinajstić information content (AvgIpc) is 2.96. The van der Waals surface area contributed by atoms with E-state index in [1.807, 2.05) is 0 Å². The normalized spacial score (nSPS) is 10.2. The van der Waals surface area contributed by atoms with Crippen molar-refractivity contribution in [3.63, 3.8) is 0 Å². The Bertz CT molecular complexity index is 707. The number of aromatic amines is 1. The Balaban J connectivity index is 2.60. The predicted octanol–water partition coefficient (Wildman–Crippen LogP) is 1.28. The van der Waals surface area contributed by atoms with Crippen LogP contribution >= 0.6 is 0 Å². The molecule has 0 aliphatic carbocycles. The molecule has 0 saturated carbocycles. The molecule has 1 aromatic carbocycles. The third-order valence-electron chi connectivity index (χ3n) is 2.80. The van der Waals surface area contributed by atoms with Crippen molar-refractivity contribution in [3.8, 4) is 22.8 Å². The Hall–Kier alpha value is -3.03. The van der Waals surface area contributed by atoms with Gasteiger partial charge in [-0.2, -0.15) is 5.10 Å². The number of carbonyl (C=O) groups is 2. The summed E-state index contributed by atoms with van der Waals surface area (Å²) in [6.07, 6.45) is 0. The van der Waals surface area contributed by atoms with E-state index in [1.54, 1.807) is 0 Å². The number of phenolic OH excluding ortho intramolecular Hbond substituents is 1. The molecule has 2 aromatic rings. The van der Waals surface area contributed by atoms with Gasteiger partial charge in [-0.15, -0.1) is 0 Å². The van der Waals surface area contributed by atoms with Crippen molar-refractivity contribution >= 4 is 11.9 Å². The minimum Gasteiger partial charge on any atom is -0.504 e. The van der Waals surface area contributed by atoms with Gasteiger partial charge in [-0.05, 0) is 18.2 Å². The summed E-state index contributed by atoms with van der Waals surface area (Å²) in [7, 11) is 2.55. The lowest BCUT2D eigenvalue weighted by molar-refractivity contribution is 0.0599. The molecule has 0 bridgehead atoms. The first-order valence-electron chi connectivity index (χ1n) is 5.76. The van der Waals surface area contributed by atoms with Gasteiger partial charge in [0, 0.05) is 5.56 Å². The van der Waals surface area contributed by atoms with Crippen molar-refractivity contribution in [3.05, 3.63) is 29.5 Å². The molecule has 2 rings (SSSR count). The molecule has 0 spiro atoms. The molecule has 21 heavy (non-hydrogen) atoms. The van der Waals surface area contributed by atoms with Gasteiger partial charge in [0.1, 0.15) is 5.69 Å². The molecule has 0 radical (unpaired) electrons. The van der Waals surface area contributed by atoms with Gasteiger partial charge in [0.15, 0.2) is 11.5 Å². The van der Waals surface area contributed by atoms with Gasteiger partial charge in [-0.3, -0.25) is 5.10 Å². The van der Waals surface area contributed by atoms with E-state index in [1.165, 1.54) is 32.4 Å². The van der Waals surface area contributed by atoms with E-state index < -0.39 is 11.9 Å². The van der Waals surface area contributed by atoms with E-state index >= 15 is 0 Å². The van der Waals surface area contributed by atoms with E-state index in [2.05, 4.69) is 14.9 Å². The van der Waals surface area contributed by atoms with Crippen molar-refractivity contribution in [1.82, 2.24) is 10.2 Å². The van der Waals surface area contributed by atoms with Gasteiger partial charge in [0.2, 0.25) is 0 Å². The van der Waals surface area contributed by atoms with Gasteiger partial charge in [0.05, 0.1) is 25.5 Å². The summed E-state index contributed by atoms with van der Waals surface area (Å²) >= 11 is 0. The third-order valence-corrected chi connectivity index (χ3v) is 2.80. The lowest BCUT2D eigenvalue weighted by Crippen LogP contribution is -2.02. The predicted molar refractivity (Wildman–Crippen MR) is 70.5 cm³/mol. The standard InChI is InChI=1S/C13H12N2O6/c1-20-10-4-6(13(19)21-2)3-7(11(10)16)8-5-9(12(17)18)15-14-8/h3-5,16H,1-2H3,(H,14,15)(H,17,18). The van der Waals surface area contributed by atoms with E-state index in [0.29, 0.717) is 0 Å². The number of aromatic nitrogens is 2. The zero-order valence-corrected chi connectivity index (χ0v) is 11.2. The second kappa shape index (κ2) is 5.53. The fourth-order valence-electron chi connectivity index (χ4n) is 1.76. The number of carboxylic acid groups (broad SMARTS) is 1. The van der Waals surface area contributed by atoms with Crippen LogP contribution in [0.1, 0.15) is 20.8 Å². The van der Waals surface area contributed by atoms with Gasteiger partial charge in [-0.1, -0.05) is 0 Å². The number of aromatic carboxylic acids is 1. The van der Waals surface area contributed by atoms with Crippen LogP contribution in [0, 0.1) is 0 Å². The molecule has 0 fully saturated rings. The van der Waals surface area contributed by atoms with Crippen LogP contribution in [0.2, 0.25) is 0 Å². The van der Waals surface area contributed by atoms with Crippen molar-refractivity contribution in [2.24, 2.45) is 0 Å². The topological polar surface area (TPSA) is 122 Å². The van der Waals surface area contributed by atoms with Gasteiger partial charge >= 0.3 is 11.9 Å². The van der Waals surface area contributed by atoms with Crippen LogP contribution in [0.15, 0.2) is 18.2 Å². The number of carboxylic acids is 1. The number of hydrogen-bond donors (Lipinski definition) is 3. The fourth-order valence-corrected chi connectivity index (χ4v) is 1.76. The van der Waals surface area contributed by atoms with E-state index in [4.69, 9.17) is 9.84 Å². The zero-order valence-electron chi connectivity index (χ0n) is 11.2. The summed E-state index contributed by atoms with van der Waals surface area (Å²) < 4.78 is 9.60. The summed E-state index contributed by atoms with van der Waals surface area (Å²) in [4.78, 5) is 22.5. The molecule has 0 aliphatic heterocycles. The summed E-state index contributed by atoms with van der Waals surface area (Å²) in [6.45, 7) is 0. The van der Waals surface area contributed by atoms with Gasteiger partial charge in [-0.25, -0.2) is 9.59 Å². The Morgan fingerprint density at radius 2 is 1.95 bits per heavy atom. The summed E-state index contributed by atoms with van der Waals surface area (Å²) in [5, 5.41) is 25.1. The minimum atomic E-state index is -1.19. The maximum atomic E-state index is 11.6. The van der Waals surface area contributed by atoms with Crippen molar-refractivity contribution in [2.45, 2.75) is 0 Å². The second-order valence-corrected chi connectivity index (χ2v) is 4.04. The number of benzene rings is 1. The number of hydrogen-bond acceptors (Lipinski definition) is 6. The zero-order chi connectivity index (χ0) is 15.6. The molecule has 110 valence electrons. The molecule has 0 saturated heterocycles. The Kier molecular flexibility index (Phi) is 3.79. The number of rotatable bonds is 4. The first-order chi connectivity index (χ1) is 9.97. The Morgan fingerprint density at radius 1 is 1.24 bits per heavy atom. The molecule has 0 amide bonds. The van der Waals surface area contributed by atoms with Crippen molar-refractivity contribution in [1.29, 1.82) is 0 Å². The highest BCUT2D eigenvalue weighted by Gasteiger charge is 2.19. The fraction of sp³-hybridized carbons (Fsp3) is 0.154. The second-order valence-electron chi connectivity index (χ2n) is 4.04. The van der Waals surface area contributed by atoms with Crippen LogP contribution < -0.4 is 4.74 Å². The summed E-state index contributed by atoms with van der Waals surface area (Å²) in [5.74, 6) is -2.02. The van der Waals surface area contributed by atoms with E-state index in [-0.39, 0.29) is 34.0 Å². The van der Waals surface area contributed by atoms with E-state index in [0.717, 1.165) is 0 Å². The maximum Gasteiger partial charge on any atom is 0.353 e. The number of aromatic hydroxyl groups is 1. The average molecular weight is 292 g/mol. The lowest BCUT2D eigenvalue weighted by Gasteiger charge is -2.09. The number of esters is 1. The summed E-state index contributed by atoms with van der Waals surface area (Å²) in [5.41, 5.74) is 0.307.